The van der Waals surface area contributed by atoms with E-state index in [1.54, 1.807) is 6.21 Å². The van der Waals surface area contributed by atoms with Crippen LogP contribution >= 0.6 is 0 Å². The summed E-state index contributed by atoms with van der Waals surface area (Å²) in [5, 5.41) is 3.07. The summed E-state index contributed by atoms with van der Waals surface area (Å²) in [7, 11) is 6.15. The van der Waals surface area contributed by atoms with Crippen molar-refractivity contribution in [3.05, 3.63) is 89.4 Å². The van der Waals surface area contributed by atoms with Gasteiger partial charge in [0.25, 0.3) is 5.91 Å². The van der Waals surface area contributed by atoms with Crippen molar-refractivity contribution in [3.63, 3.8) is 0 Å². The third-order valence-corrected chi connectivity index (χ3v) is 6.51. The number of carbonyl (C=O) groups excluding carboxylic acids is 1. The number of aliphatic imine (C=N–C) groups is 1. The molecule has 1 aliphatic heterocycles. The molecule has 7 nitrogen and oxygen atoms in total. The second kappa shape index (κ2) is 13.8. The van der Waals surface area contributed by atoms with Gasteiger partial charge in [0.15, 0.2) is 0 Å². The molecule has 0 radical (unpaired) electrons. The summed E-state index contributed by atoms with van der Waals surface area (Å²) in [5.74, 6) is 0.469. The van der Waals surface area contributed by atoms with E-state index in [4.69, 9.17) is 4.74 Å². The molecule has 7 heteroatoms. The Labute approximate surface area is 222 Å². The van der Waals surface area contributed by atoms with Crippen molar-refractivity contribution < 1.29 is 9.53 Å². The van der Waals surface area contributed by atoms with Gasteiger partial charge in [0.1, 0.15) is 5.82 Å². The summed E-state index contributed by atoms with van der Waals surface area (Å²) in [4.78, 5) is 24.1. The Balaban J connectivity index is 1.79. The van der Waals surface area contributed by atoms with Crippen LogP contribution in [0.1, 0.15) is 37.5 Å². The highest BCUT2D eigenvalue weighted by atomic mass is 16.5. The fourth-order valence-electron chi connectivity index (χ4n) is 4.21. The van der Waals surface area contributed by atoms with Crippen molar-refractivity contribution in [3.8, 4) is 0 Å². The molecule has 1 N–H and O–H groups in total. The highest BCUT2D eigenvalue weighted by Crippen LogP contribution is 2.26. The maximum absolute atomic E-state index is 13.6. The number of likely N-dealkylation sites (N-methyl/N-ethyl adjacent to an activating group) is 1. The van der Waals surface area contributed by atoms with Gasteiger partial charge in [0.2, 0.25) is 0 Å². The number of allylic oxidation sites excluding steroid dienone is 1. The molecule has 1 aliphatic rings. The van der Waals surface area contributed by atoms with Gasteiger partial charge < -0.3 is 24.8 Å². The molecule has 0 aromatic heterocycles. The third kappa shape index (κ3) is 8.03. The molecule has 198 valence electrons. The smallest absolute Gasteiger partial charge is 0.261 e. The lowest BCUT2D eigenvalue weighted by molar-refractivity contribution is -0.114. The van der Waals surface area contributed by atoms with E-state index in [2.05, 4.69) is 65.0 Å². The molecule has 1 heterocycles. The Kier molecular flexibility index (Phi) is 10.5. The van der Waals surface area contributed by atoms with Crippen LogP contribution in [0.5, 0.6) is 0 Å². The fourth-order valence-corrected chi connectivity index (χ4v) is 4.21. The molecule has 1 unspecified atom stereocenters. The lowest BCUT2D eigenvalue weighted by Gasteiger charge is -2.23. The molecule has 1 amide bonds. The van der Waals surface area contributed by atoms with Crippen LogP contribution in [-0.2, 0) is 16.1 Å². The van der Waals surface area contributed by atoms with Crippen molar-refractivity contribution in [1.82, 2.24) is 15.1 Å². The quantitative estimate of drug-likeness (QED) is 0.429. The number of rotatable bonds is 12. The van der Waals surface area contributed by atoms with Crippen molar-refractivity contribution in [2.75, 3.05) is 52.2 Å². The first-order chi connectivity index (χ1) is 17.8. The largest absolute Gasteiger partial charge is 0.376 e. The zero-order chi connectivity index (χ0) is 26.8. The Morgan fingerprint density at radius 1 is 1.19 bits per heavy atom. The van der Waals surface area contributed by atoms with Gasteiger partial charge in [-0.2, -0.15) is 0 Å². The van der Waals surface area contributed by atoms with Crippen molar-refractivity contribution in [2.24, 2.45) is 4.99 Å². The van der Waals surface area contributed by atoms with Crippen LogP contribution in [0.25, 0.3) is 0 Å². The van der Waals surface area contributed by atoms with Gasteiger partial charge >= 0.3 is 0 Å². The van der Waals surface area contributed by atoms with E-state index >= 15 is 0 Å². The van der Waals surface area contributed by atoms with E-state index in [-0.39, 0.29) is 12.0 Å². The van der Waals surface area contributed by atoms with Gasteiger partial charge in [-0.1, -0.05) is 49.0 Å². The van der Waals surface area contributed by atoms with Gasteiger partial charge in [0, 0.05) is 50.8 Å². The van der Waals surface area contributed by atoms with E-state index < -0.39 is 0 Å². The van der Waals surface area contributed by atoms with Crippen LogP contribution in [0.15, 0.2) is 83.3 Å². The summed E-state index contributed by atoms with van der Waals surface area (Å²) in [6.45, 7) is 11.3. The van der Waals surface area contributed by atoms with Crippen LogP contribution < -0.4 is 10.2 Å². The number of ether oxygens (including phenoxy) is 1. The minimum Gasteiger partial charge on any atom is -0.376 e. The Hall–Kier alpha value is -3.42. The maximum atomic E-state index is 13.6. The molecule has 1 atom stereocenters. The SMILES string of the molecule is C=C(/N=C\C1=C(C)N(C)CCN(c2cccc(COC(CCN(C)C)c3ccccc3)c2)C1=O)NCC. The summed E-state index contributed by atoms with van der Waals surface area (Å²) in [6.07, 6.45) is 2.53. The van der Waals surface area contributed by atoms with Crippen LogP contribution in [0.4, 0.5) is 5.69 Å². The number of amides is 1. The fraction of sp³-hybridized carbons (Fsp3) is 0.400. The summed E-state index contributed by atoms with van der Waals surface area (Å²) >= 11 is 0. The molecule has 0 saturated carbocycles. The molecular weight excluding hydrogens is 462 g/mol. The second-order valence-corrected chi connectivity index (χ2v) is 9.58. The predicted octanol–water partition coefficient (Wildman–Crippen LogP) is 4.60. The van der Waals surface area contributed by atoms with Crippen LogP contribution in [0, 0.1) is 0 Å². The van der Waals surface area contributed by atoms with E-state index in [1.165, 1.54) is 5.56 Å². The number of hydrogen-bond donors (Lipinski definition) is 1. The highest BCUT2D eigenvalue weighted by molar-refractivity contribution is 6.19. The van der Waals surface area contributed by atoms with E-state index in [0.29, 0.717) is 24.5 Å². The molecule has 0 spiro atoms. The third-order valence-electron chi connectivity index (χ3n) is 6.51. The Morgan fingerprint density at radius 3 is 2.65 bits per heavy atom. The van der Waals surface area contributed by atoms with Gasteiger partial charge in [0.05, 0.1) is 18.3 Å². The standard InChI is InChI=1S/C30H41N5O2/c1-7-31-24(3)32-21-28-23(2)34(6)18-19-35(30(28)36)27-15-11-12-25(20-27)22-37-29(16-17-33(4)5)26-13-9-8-10-14-26/h8-15,20-21,29,31H,3,7,16-19,22H2,1-2,4-6H3/b32-21-. The predicted molar refractivity (Wildman–Crippen MR) is 153 cm³/mol. The van der Waals surface area contributed by atoms with Gasteiger partial charge in [-0.15, -0.1) is 0 Å². The Bertz CT molecular complexity index is 1110. The topological polar surface area (TPSA) is 60.4 Å². The molecule has 0 fully saturated rings. The van der Waals surface area contributed by atoms with E-state index in [1.807, 2.05) is 56.1 Å². The van der Waals surface area contributed by atoms with Crippen molar-refractivity contribution in [2.45, 2.75) is 33.0 Å². The van der Waals surface area contributed by atoms with Gasteiger partial charge in [-0.3, -0.25) is 4.79 Å². The number of anilines is 1. The first kappa shape index (κ1) is 28.2. The average Bonchev–Trinajstić information content (AvgIpc) is 2.99. The van der Waals surface area contributed by atoms with E-state index in [0.717, 1.165) is 43.0 Å². The first-order valence-electron chi connectivity index (χ1n) is 12.9. The van der Waals surface area contributed by atoms with Crippen LogP contribution in [0.2, 0.25) is 0 Å². The molecule has 2 aromatic carbocycles. The zero-order valence-corrected chi connectivity index (χ0v) is 22.9. The van der Waals surface area contributed by atoms with Crippen molar-refractivity contribution >= 4 is 17.8 Å². The minimum atomic E-state index is -0.0684. The summed E-state index contributed by atoms with van der Waals surface area (Å²) in [6, 6.07) is 18.4. The maximum Gasteiger partial charge on any atom is 0.261 e. The molecule has 0 bridgehead atoms. The number of carbonyl (C=O) groups is 1. The van der Waals surface area contributed by atoms with E-state index in [9.17, 15) is 4.79 Å². The number of nitrogens with one attached hydrogen (secondary N) is 1. The molecule has 0 saturated heterocycles. The molecule has 3 rings (SSSR count). The average molecular weight is 504 g/mol. The minimum absolute atomic E-state index is 0.000971. The Morgan fingerprint density at radius 2 is 1.95 bits per heavy atom. The molecular formula is C30H41N5O2. The first-order valence-corrected chi connectivity index (χ1v) is 12.9. The highest BCUT2D eigenvalue weighted by Gasteiger charge is 2.26. The molecule has 2 aromatic rings. The normalized spacial score (nSPS) is 15.5. The summed E-state index contributed by atoms with van der Waals surface area (Å²) in [5.41, 5.74) is 4.52. The number of benzene rings is 2. The second-order valence-electron chi connectivity index (χ2n) is 9.58. The van der Waals surface area contributed by atoms with Crippen LogP contribution in [-0.4, -0.2) is 69.2 Å². The lowest BCUT2D eigenvalue weighted by atomic mass is 10.1. The van der Waals surface area contributed by atoms with Crippen molar-refractivity contribution in [1.29, 1.82) is 0 Å². The zero-order valence-electron chi connectivity index (χ0n) is 22.9. The van der Waals surface area contributed by atoms with Crippen LogP contribution in [0.3, 0.4) is 0 Å². The monoisotopic (exact) mass is 503 g/mol. The number of hydrogen-bond acceptors (Lipinski definition) is 6. The summed E-state index contributed by atoms with van der Waals surface area (Å²) < 4.78 is 6.42. The van der Waals surface area contributed by atoms with Gasteiger partial charge in [-0.05, 0) is 57.6 Å². The van der Waals surface area contributed by atoms with Gasteiger partial charge in [-0.25, -0.2) is 4.99 Å². The molecule has 0 aliphatic carbocycles. The lowest BCUT2D eigenvalue weighted by Crippen LogP contribution is -2.34. The molecule has 37 heavy (non-hydrogen) atoms. The number of nitrogens with zero attached hydrogens (tertiary/aromatic N) is 4.